The molecule has 104 valence electrons. The van der Waals surface area contributed by atoms with Crippen molar-refractivity contribution in [2.24, 2.45) is 0 Å². The van der Waals surface area contributed by atoms with E-state index in [0.29, 0.717) is 38.5 Å². The van der Waals surface area contributed by atoms with Gasteiger partial charge in [-0.2, -0.15) is 0 Å². The van der Waals surface area contributed by atoms with Gasteiger partial charge in [0.1, 0.15) is 5.76 Å². The molecule has 1 aliphatic heterocycles. The molecule has 0 unspecified atom stereocenters. The highest BCUT2D eigenvalue weighted by Gasteiger charge is 2.23. The van der Waals surface area contributed by atoms with E-state index in [2.05, 4.69) is 4.90 Å². The smallest absolute Gasteiger partial charge is 0.304 e. The van der Waals surface area contributed by atoms with E-state index < -0.39 is 5.97 Å². The zero-order valence-electron chi connectivity index (χ0n) is 11.0. The van der Waals surface area contributed by atoms with E-state index in [1.165, 1.54) is 0 Å². The van der Waals surface area contributed by atoms with Gasteiger partial charge in [-0.25, -0.2) is 0 Å². The van der Waals surface area contributed by atoms with Crippen molar-refractivity contribution in [1.29, 1.82) is 0 Å². The molecule has 0 bridgehead atoms. The van der Waals surface area contributed by atoms with E-state index in [0.717, 1.165) is 5.76 Å². The summed E-state index contributed by atoms with van der Waals surface area (Å²) in [6.07, 6.45) is 0.144. The van der Waals surface area contributed by atoms with Crippen LogP contribution in [-0.4, -0.2) is 59.5 Å². The first-order valence-electron chi connectivity index (χ1n) is 6.36. The van der Waals surface area contributed by atoms with Crippen LogP contribution in [-0.2, 0) is 4.79 Å². The van der Waals surface area contributed by atoms with Crippen molar-refractivity contribution in [3.63, 3.8) is 0 Å². The number of carbonyl (C=O) groups excluding carboxylic acids is 1. The van der Waals surface area contributed by atoms with Crippen LogP contribution in [0.25, 0.3) is 0 Å². The minimum atomic E-state index is -0.787. The SMILES string of the molecule is Cc1ccc(C(=O)N2CCN(CCC(=O)O)CC2)o1. The second kappa shape index (κ2) is 5.88. The van der Waals surface area contributed by atoms with Gasteiger partial charge in [0.25, 0.3) is 5.91 Å². The summed E-state index contributed by atoms with van der Waals surface area (Å²) in [6, 6.07) is 3.46. The topological polar surface area (TPSA) is 74.0 Å². The summed E-state index contributed by atoms with van der Waals surface area (Å²) in [7, 11) is 0. The summed E-state index contributed by atoms with van der Waals surface area (Å²) in [5.74, 6) is 0.218. The summed E-state index contributed by atoms with van der Waals surface area (Å²) in [4.78, 5) is 26.4. The molecular formula is C13H18N2O4. The highest BCUT2D eigenvalue weighted by atomic mass is 16.4. The van der Waals surface area contributed by atoms with Gasteiger partial charge in [-0.15, -0.1) is 0 Å². The van der Waals surface area contributed by atoms with Gasteiger partial charge >= 0.3 is 5.97 Å². The zero-order chi connectivity index (χ0) is 13.8. The predicted molar refractivity (Wildman–Crippen MR) is 68.0 cm³/mol. The third-order valence-corrected chi connectivity index (χ3v) is 3.25. The van der Waals surface area contributed by atoms with Crippen LogP contribution in [0.2, 0.25) is 0 Å². The minimum Gasteiger partial charge on any atom is -0.481 e. The van der Waals surface area contributed by atoms with Crippen molar-refractivity contribution in [2.45, 2.75) is 13.3 Å². The number of amides is 1. The summed E-state index contributed by atoms with van der Waals surface area (Å²) in [6.45, 7) is 4.98. The average Bonchev–Trinajstić information content (AvgIpc) is 2.83. The summed E-state index contributed by atoms with van der Waals surface area (Å²) in [5.41, 5.74) is 0. The Labute approximate surface area is 111 Å². The van der Waals surface area contributed by atoms with Gasteiger partial charge in [0.15, 0.2) is 5.76 Å². The number of aliphatic carboxylic acids is 1. The highest BCUT2D eigenvalue weighted by molar-refractivity contribution is 5.91. The average molecular weight is 266 g/mol. The monoisotopic (exact) mass is 266 g/mol. The van der Waals surface area contributed by atoms with Gasteiger partial charge < -0.3 is 14.4 Å². The van der Waals surface area contributed by atoms with Crippen LogP contribution in [0.5, 0.6) is 0 Å². The Morgan fingerprint density at radius 3 is 2.47 bits per heavy atom. The van der Waals surface area contributed by atoms with Crippen LogP contribution < -0.4 is 0 Å². The van der Waals surface area contributed by atoms with Crippen molar-refractivity contribution in [1.82, 2.24) is 9.80 Å². The summed E-state index contributed by atoms with van der Waals surface area (Å²) < 4.78 is 5.32. The van der Waals surface area contributed by atoms with Gasteiger partial charge in [0.05, 0.1) is 6.42 Å². The quantitative estimate of drug-likeness (QED) is 0.873. The molecule has 0 radical (unpaired) electrons. The maximum atomic E-state index is 12.1. The second-order valence-electron chi connectivity index (χ2n) is 4.69. The molecule has 19 heavy (non-hydrogen) atoms. The molecule has 1 fully saturated rings. The molecule has 0 spiro atoms. The maximum Gasteiger partial charge on any atom is 0.304 e. The summed E-state index contributed by atoms with van der Waals surface area (Å²) in [5, 5.41) is 8.63. The number of carboxylic acids is 1. The first-order valence-corrected chi connectivity index (χ1v) is 6.36. The highest BCUT2D eigenvalue weighted by Crippen LogP contribution is 2.12. The lowest BCUT2D eigenvalue weighted by molar-refractivity contribution is -0.137. The number of hydrogen-bond donors (Lipinski definition) is 1. The molecule has 1 aliphatic rings. The number of rotatable bonds is 4. The van der Waals surface area contributed by atoms with E-state index in [9.17, 15) is 9.59 Å². The number of piperazine rings is 1. The molecule has 0 atom stereocenters. The molecule has 1 aromatic heterocycles. The molecule has 6 nitrogen and oxygen atoms in total. The van der Waals surface area contributed by atoms with Gasteiger partial charge in [0.2, 0.25) is 0 Å². The van der Waals surface area contributed by atoms with Crippen LogP contribution in [0.15, 0.2) is 16.5 Å². The number of aryl methyl sites for hydroxylation is 1. The van der Waals surface area contributed by atoms with Crippen molar-refractivity contribution in [3.8, 4) is 0 Å². The Morgan fingerprint density at radius 1 is 1.26 bits per heavy atom. The third-order valence-electron chi connectivity index (χ3n) is 3.25. The van der Waals surface area contributed by atoms with Gasteiger partial charge in [-0.05, 0) is 19.1 Å². The number of furan rings is 1. The normalized spacial score (nSPS) is 16.6. The van der Waals surface area contributed by atoms with Crippen LogP contribution in [0.4, 0.5) is 0 Å². The fourth-order valence-electron chi connectivity index (χ4n) is 2.13. The Balaban J connectivity index is 1.83. The van der Waals surface area contributed by atoms with E-state index in [1.54, 1.807) is 24.0 Å². The largest absolute Gasteiger partial charge is 0.481 e. The van der Waals surface area contributed by atoms with Crippen molar-refractivity contribution < 1.29 is 19.1 Å². The Hall–Kier alpha value is -1.82. The fraction of sp³-hybridized carbons (Fsp3) is 0.538. The molecular weight excluding hydrogens is 248 g/mol. The first-order chi connectivity index (χ1) is 9.06. The zero-order valence-corrected chi connectivity index (χ0v) is 11.0. The molecule has 6 heteroatoms. The molecule has 1 amide bonds. The van der Waals surface area contributed by atoms with Gasteiger partial charge in [-0.3, -0.25) is 14.5 Å². The molecule has 1 aromatic rings. The Morgan fingerprint density at radius 2 is 1.95 bits per heavy atom. The Kier molecular flexibility index (Phi) is 4.21. The second-order valence-corrected chi connectivity index (χ2v) is 4.69. The molecule has 0 aromatic carbocycles. The molecule has 2 heterocycles. The van der Waals surface area contributed by atoms with E-state index in [-0.39, 0.29) is 12.3 Å². The minimum absolute atomic E-state index is 0.0917. The van der Waals surface area contributed by atoms with Crippen molar-refractivity contribution >= 4 is 11.9 Å². The number of carbonyl (C=O) groups is 2. The summed E-state index contributed by atoms with van der Waals surface area (Å²) >= 11 is 0. The number of carboxylic acid groups (broad SMARTS) is 1. The fourth-order valence-corrected chi connectivity index (χ4v) is 2.13. The van der Waals surface area contributed by atoms with E-state index in [4.69, 9.17) is 9.52 Å². The van der Waals surface area contributed by atoms with E-state index in [1.807, 2.05) is 0 Å². The Bertz CT molecular complexity index is 461. The molecule has 1 saturated heterocycles. The molecule has 2 rings (SSSR count). The maximum absolute atomic E-state index is 12.1. The van der Waals surface area contributed by atoms with Gasteiger partial charge in [-0.1, -0.05) is 0 Å². The molecule has 0 saturated carbocycles. The van der Waals surface area contributed by atoms with Crippen LogP contribution in [0, 0.1) is 6.92 Å². The van der Waals surface area contributed by atoms with Crippen LogP contribution in [0.1, 0.15) is 22.7 Å². The molecule has 0 aliphatic carbocycles. The lowest BCUT2D eigenvalue weighted by atomic mass is 10.2. The lowest BCUT2D eigenvalue weighted by Gasteiger charge is -2.33. The third kappa shape index (κ3) is 3.57. The first kappa shape index (κ1) is 13.6. The predicted octanol–water partition coefficient (Wildman–Crippen LogP) is 0.821. The molecule has 1 N–H and O–H groups in total. The lowest BCUT2D eigenvalue weighted by Crippen LogP contribution is -2.49. The number of nitrogens with zero attached hydrogens (tertiary/aromatic N) is 2. The number of hydrogen-bond acceptors (Lipinski definition) is 4. The standard InChI is InChI=1S/C13H18N2O4/c1-10-2-3-11(19-10)13(18)15-8-6-14(7-9-15)5-4-12(16)17/h2-3H,4-9H2,1H3,(H,16,17). The van der Waals surface area contributed by atoms with Crippen LogP contribution >= 0.6 is 0 Å². The van der Waals surface area contributed by atoms with E-state index >= 15 is 0 Å². The van der Waals surface area contributed by atoms with Crippen LogP contribution in [0.3, 0.4) is 0 Å². The van der Waals surface area contributed by atoms with Crippen molar-refractivity contribution in [3.05, 3.63) is 23.7 Å². The van der Waals surface area contributed by atoms with Crippen molar-refractivity contribution in [2.75, 3.05) is 32.7 Å². The van der Waals surface area contributed by atoms with Gasteiger partial charge in [0, 0.05) is 32.7 Å².